The number of hydrogen-bond acceptors (Lipinski definition) is 5. The third kappa shape index (κ3) is 53.2. The highest BCUT2D eigenvalue weighted by molar-refractivity contribution is 5.80. The maximum absolute atomic E-state index is 12.6. The average Bonchev–Trinajstić information content (AvgIpc) is 3.38. The molecular weight excluding hydrogens is 875 g/mol. The first-order valence-corrected chi connectivity index (χ1v) is 31.9. The van der Waals surface area contributed by atoms with Gasteiger partial charge in [-0.05, 0) is 70.6 Å². The van der Waals surface area contributed by atoms with Crippen LogP contribution in [0.1, 0.15) is 341 Å². The van der Waals surface area contributed by atoms with Crippen molar-refractivity contribution < 1.29 is 25.2 Å². The number of carbonyl (C=O) groups is 1. The number of aliphatic hydroxyl groups is 4. The Morgan fingerprint density at radius 1 is 0.352 bits per heavy atom. The number of nitrogens with one attached hydrogen (secondary N) is 1. The van der Waals surface area contributed by atoms with E-state index in [4.69, 9.17) is 0 Å². The van der Waals surface area contributed by atoms with Crippen molar-refractivity contribution >= 4 is 5.91 Å². The quantitative estimate of drug-likeness (QED) is 0.0308. The van der Waals surface area contributed by atoms with Crippen LogP contribution in [-0.4, -0.2) is 57.3 Å². The Balaban J connectivity index is 3.61. The van der Waals surface area contributed by atoms with Gasteiger partial charge in [0.15, 0.2) is 0 Å². The summed E-state index contributed by atoms with van der Waals surface area (Å²) in [5, 5.41) is 44.1. The van der Waals surface area contributed by atoms with E-state index in [2.05, 4.69) is 55.6 Å². The molecule has 71 heavy (non-hydrogen) atoms. The summed E-state index contributed by atoms with van der Waals surface area (Å²) < 4.78 is 0. The van der Waals surface area contributed by atoms with Gasteiger partial charge in [0.2, 0.25) is 5.91 Å². The molecule has 420 valence electrons. The van der Waals surface area contributed by atoms with E-state index in [-0.39, 0.29) is 0 Å². The van der Waals surface area contributed by atoms with E-state index in [1.807, 2.05) is 0 Å². The van der Waals surface area contributed by atoms with Gasteiger partial charge < -0.3 is 25.7 Å². The van der Waals surface area contributed by atoms with Gasteiger partial charge in [-0.2, -0.15) is 0 Å². The first kappa shape index (κ1) is 69.5. The van der Waals surface area contributed by atoms with Crippen molar-refractivity contribution in [3.05, 3.63) is 36.5 Å². The van der Waals surface area contributed by atoms with Crippen molar-refractivity contribution in [2.24, 2.45) is 0 Å². The Morgan fingerprint density at radius 2 is 0.620 bits per heavy atom. The lowest BCUT2D eigenvalue weighted by molar-refractivity contribution is -0.132. The van der Waals surface area contributed by atoms with E-state index >= 15 is 0 Å². The standard InChI is InChI=1S/C65H125NO5/c1-3-5-7-9-11-13-15-17-19-21-23-25-27-29-30-31-32-33-34-35-37-38-40-42-44-46-48-50-52-54-56-58-62(68)64(70)61(60-67)66-65(71)63(69)59-57-55-53-51-49-47-45-43-41-39-36-28-26-24-22-20-18-16-14-12-10-8-6-4-2/h24,26,36,39,50,52,61-64,67-70H,3-23,25,27-35,37-38,40-49,51,53-60H2,1-2H3,(H,66,71)/b26-24-,39-36-,52-50+. The zero-order valence-electron chi connectivity index (χ0n) is 47.7. The van der Waals surface area contributed by atoms with Crippen LogP contribution in [0.4, 0.5) is 0 Å². The van der Waals surface area contributed by atoms with Gasteiger partial charge in [0.25, 0.3) is 0 Å². The van der Waals surface area contributed by atoms with Crippen molar-refractivity contribution in [2.75, 3.05) is 6.61 Å². The summed E-state index contributed by atoms with van der Waals surface area (Å²) in [5.74, 6) is -0.594. The molecule has 6 nitrogen and oxygen atoms in total. The van der Waals surface area contributed by atoms with Crippen molar-refractivity contribution in [2.45, 2.75) is 366 Å². The second kappa shape index (κ2) is 59.4. The van der Waals surface area contributed by atoms with Crippen LogP contribution in [-0.2, 0) is 4.79 Å². The fourth-order valence-corrected chi connectivity index (χ4v) is 10.1. The number of amides is 1. The van der Waals surface area contributed by atoms with E-state index in [1.165, 1.54) is 263 Å². The molecule has 0 aromatic heterocycles. The third-order valence-corrected chi connectivity index (χ3v) is 15.1. The highest BCUT2D eigenvalue weighted by atomic mass is 16.3. The van der Waals surface area contributed by atoms with E-state index in [9.17, 15) is 25.2 Å². The minimum atomic E-state index is -1.29. The van der Waals surface area contributed by atoms with Gasteiger partial charge in [0, 0.05) is 0 Å². The summed E-state index contributed by atoms with van der Waals surface area (Å²) in [7, 11) is 0. The predicted octanol–water partition coefficient (Wildman–Crippen LogP) is 19.1. The van der Waals surface area contributed by atoms with Gasteiger partial charge in [-0.1, -0.05) is 307 Å². The lowest BCUT2D eigenvalue weighted by atomic mass is 10.00. The molecule has 0 radical (unpaired) electrons. The molecule has 0 spiro atoms. The topological polar surface area (TPSA) is 110 Å². The molecule has 0 saturated carbocycles. The Hall–Kier alpha value is -1.47. The first-order chi connectivity index (χ1) is 35.0. The van der Waals surface area contributed by atoms with Crippen LogP contribution in [0.15, 0.2) is 36.5 Å². The third-order valence-electron chi connectivity index (χ3n) is 15.1. The summed E-state index contributed by atoms with van der Waals surface area (Å²) in [6.07, 6.45) is 75.3. The molecule has 0 aromatic carbocycles. The molecule has 0 aromatic rings. The smallest absolute Gasteiger partial charge is 0.249 e. The summed E-state index contributed by atoms with van der Waals surface area (Å²) >= 11 is 0. The molecular formula is C65H125NO5. The van der Waals surface area contributed by atoms with Crippen LogP contribution in [0.5, 0.6) is 0 Å². The number of allylic oxidation sites excluding steroid dienone is 6. The largest absolute Gasteiger partial charge is 0.394 e. The molecule has 1 amide bonds. The van der Waals surface area contributed by atoms with Gasteiger partial charge >= 0.3 is 0 Å². The van der Waals surface area contributed by atoms with E-state index < -0.39 is 36.9 Å². The minimum absolute atomic E-state index is 0.357. The van der Waals surface area contributed by atoms with Crippen LogP contribution in [0.2, 0.25) is 0 Å². The van der Waals surface area contributed by atoms with Crippen molar-refractivity contribution in [3.8, 4) is 0 Å². The predicted molar refractivity (Wildman–Crippen MR) is 311 cm³/mol. The van der Waals surface area contributed by atoms with Crippen LogP contribution in [0.25, 0.3) is 0 Å². The summed E-state index contributed by atoms with van der Waals surface area (Å²) in [6, 6.07) is -1.01. The Morgan fingerprint density at radius 3 is 0.930 bits per heavy atom. The molecule has 0 aliphatic carbocycles. The molecule has 6 heteroatoms. The van der Waals surface area contributed by atoms with Gasteiger partial charge in [-0.3, -0.25) is 4.79 Å². The minimum Gasteiger partial charge on any atom is -0.394 e. The van der Waals surface area contributed by atoms with Crippen LogP contribution in [0.3, 0.4) is 0 Å². The molecule has 5 N–H and O–H groups in total. The zero-order valence-corrected chi connectivity index (χ0v) is 47.7. The van der Waals surface area contributed by atoms with Crippen LogP contribution < -0.4 is 5.32 Å². The molecule has 0 aliphatic rings. The number of rotatable bonds is 59. The zero-order chi connectivity index (χ0) is 51.6. The molecule has 0 rings (SSSR count). The average molecular weight is 1000 g/mol. The molecule has 0 fully saturated rings. The maximum Gasteiger partial charge on any atom is 0.249 e. The number of unbranched alkanes of at least 4 members (excludes halogenated alkanes) is 44. The van der Waals surface area contributed by atoms with Gasteiger partial charge in [-0.15, -0.1) is 0 Å². The van der Waals surface area contributed by atoms with Gasteiger partial charge in [0.1, 0.15) is 12.2 Å². The Labute approximate surface area is 443 Å². The number of carbonyl (C=O) groups excluding carboxylic acids is 1. The normalized spacial score (nSPS) is 13.8. The molecule has 0 heterocycles. The van der Waals surface area contributed by atoms with Crippen molar-refractivity contribution in [1.82, 2.24) is 5.32 Å². The van der Waals surface area contributed by atoms with Crippen LogP contribution in [0, 0.1) is 0 Å². The highest BCUT2D eigenvalue weighted by Crippen LogP contribution is 2.18. The summed E-state index contributed by atoms with van der Waals surface area (Å²) in [4.78, 5) is 12.6. The second-order valence-electron chi connectivity index (χ2n) is 22.1. The fraction of sp³-hybridized carbons (Fsp3) is 0.892. The summed E-state index contributed by atoms with van der Waals surface area (Å²) in [6.45, 7) is 4.08. The first-order valence-electron chi connectivity index (χ1n) is 31.9. The molecule has 4 unspecified atom stereocenters. The summed E-state index contributed by atoms with van der Waals surface area (Å²) in [5.41, 5.74) is 0. The number of aliphatic hydroxyl groups excluding tert-OH is 4. The highest BCUT2D eigenvalue weighted by Gasteiger charge is 2.28. The van der Waals surface area contributed by atoms with Crippen LogP contribution >= 0.6 is 0 Å². The van der Waals surface area contributed by atoms with Gasteiger partial charge in [0.05, 0.1) is 18.8 Å². The lowest BCUT2D eigenvalue weighted by Crippen LogP contribution is -2.53. The molecule has 0 saturated heterocycles. The monoisotopic (exact) mass is 1000 g/mol. The van der Waals surface area contributed by atoms with E-state index in [0.29, 0.717) is 12.8 Å². The molecule has 4 atom stereocenters. The maximum atomic E-state index is 12.6. The Bertz CT molecular complexity index is 1120. The number of hydrogen-bond donors (Lipinski definition) is 5. The van der Waals surface area contributed by atoms with Gasteiger partial charge in [-0.25, -0.2) is 0 Å². The fourth-order valence-electron chi connectivity index (χ4n) is 10.1. The Kier molecular flexibility index (Phi) is 58.2. The van der Waals surface area contributed by atoms with Crippen molar-refractivity contribution in [3.63, 3.8) is 0 Å². The molecule has 0 bridgehead atoms. The van der Waals surface area contributed by atoms with Crippen molar-refractivity contribution in [1.29, 1.82) is 0 Å². The van der Waals surface area contributed by atoms with E-state index in [1.54, 1.807) is 0 Å². The SMILES string of the molecule is CCCCCCCCCCC/C=C\C/C=C\CCCCCCCCCCC(O)C(=O)NC(CO)C(O)C(O)CCC/C=C/CCCCCCCCCCCCCCCCCCCCCCCCCCCC. The lowest BCUT2D eigenvalue weighted by Gasteiger charge is -2.27. The van der Waals surface area contributed by atoms with E-state index in [0.717, 1.165) is 51.4 Å². The molecule has 0 aliphatic heterocycles. The second-order valence-corrected chi connectivity index (χ2v) is 22.1.